The van der Waals surface area contributed by atoms with E-state index in [4.69, 9.17) is 4.84 Å². The van der Waals surface area contributed by atoms with E-state index in [0.717, 1.165) is 28.0 Å². The third kappa shape index (κ3) is 4.23. The van der Waals surface area contributed by atoms with Gasteiger partial charge in [0.2, 0.25) is 15.9 Å². The third-order valence-electron chi connectivity index (χ3n) is 7.60. The van der Waals surface area contributed by atoms with E-state index in [1.54, 1.807) is 6.08 Å². The molecule has 6 rings (SSSR count). The summed E-state index contributed by atoms with van der Waals surface area (Å²) in [7, 11) is -3.72. The summed E-state index contributed by atoms with van der Waals surface area (Å²) in [6.45, 7) is 4.14. The lowest BCUT2D eigenvalue weighted by Gasteiger charge is -2.21. The number of rotatable bonds is 8. The monoisotopic (exact) mass is 520 g/mol. The number of carbonyl (C=O) groups excluding carboxylic acids is 2. The Kier molecular flexibility index (Phi) is 5.68. The molecule has 37 heavy (non-hydrogen) atoms. The SMILES string of the molecule is C=C[C@@H]1C[C@]1(NC(=O)C1CC(ON=C2c3ccccc3-c3ccccc32)CN1)C(=O)NS(=O)(=O)C1CC1. The van der Waals surface area contributed by atoms with Crippen molar-refractivity contribution in [2.75, 3.05) is 6.54 Å². The van der Waals surface area contributed by atoms with Crippen LogP contribution in [0.3, 0.4) is 0 Å². The molecule has 2 aromatic rings. The first-order chi connectivity index (χ1) is 17.8. The summed E-state index contributed by atoms with van der Waals surface area (Å²) in [5.74, 6) is -1.40. The standard InChI is InChI=1S/C27H28N4O5S/c1-2-16-14-27(16,26(33)31-37(34,35)18-11-12-18)29-25(32)23-13-17(15-28-23)36-30-24-21-9-5-3-7-19(21)20-8-4-6-10-22(20)24/h2-10,16-18,23,28H,1,11-15H2,(H,29,32)(H,31,33)/t16-,17?,23?,27-/m1/s1. The molecule has 2 saturated carbocycles. The van der Waals surface area contributed by atoms with Crippen molar-refractivity contribution in [3.8, 4) is 11.1 Å². The highest BCUT2D eigenvalue weighted by Gasteiger charge is 2.61. The minimum absolute atomic E-state index is 0.313. The van der Waals surface area contributed by atoms with Crippen molar-refractivity contribution >= 4 is 27.5 Å². The van der Waals surface area contributed by atoms with Gasteiger partial charge < -0.3 is 15.5 Å². The van der Waals surface area contributed by atoms with Gasteiger partial charge in [0.15, 0.2) is 0 Å². The molecule has 0 aromatic heterocycles. The van der Waals surface area contributed by atoms with Crippen molar-refractivity contribution in [1.82, 2.24) is 15.4 Å². The molecule has 1 heterocycles. The third-order valence-corrected chi connectivity index (χ3v) is 9.42. The smallest absolute Gasteiger partial charge is 0.259 e. The van der Waals surface area contributed by atoms with E-state index in [-0.39, 0.29) is 17.9 Å². The number of nitrogens with zero attached hydrogens (tertiary/aromatic N) is 1. The van der Waals surface area contributed by atoms with E-state index in [2.05, 4.69) is 39.2 Å². The Morgan fingerprint density at radius 1 is 1.05 bits per heavy atom. The quantitative estimate of drug-likeness (QED) is 0.307. The van der Waals surface area contributed by atoms with Crippen LogP contribution in [0.4, 0.5) is 0 Å². The highest BCUT2D eigenvalue weighted by molar-refractivity contribution is 7.91. The number of hydrogen-bond donors (Lipinski definition) is 3. The molecule has 4 atom stereocenters. The van der Waals surface area contributed by atoms with Crippen molar-refractivity contribution in [2.45, 2.75) is 48.6 Å². The zero-order valence-corrected chi connectivity index (χ0v) is 21.0. The molecule has 3 aliphatic carbocycles. The van der Waals surface area contributed by atoms with Gasteiger partial charge in [0.1, 0.15) is 17.4 Å². The first-order valence-electron chi connectivity index (χ1n) is 12.5. The van der Waals surface area contributed by atoms with Crippen molar-refractivity contribution in [3.63, 3.8) is 0 Å². The molecule has 10 heteroatoms. The summed E-state index contributed by atoms with van der Waals surface area (Å²) in [6.07, 6.45) is 3.00. The molecule has 1 aliphatic heterocycles. The summed E-state index contributed by atoms with van der Waals surface area (Å²) in [4.78, 5) is 31.9. The number of amides is 2. The average molecular weight is 521 g/mol. The summed E-state index contributed by atoms with van der Waals surface area (Å²) in [5.41, 5.74) is 3.69. The van der Waals surface area contributed by atoms with Crippen LogP contribution < -0.4 is 15.4 Å². The molecule has 1 saturated heterocycles. The van der Waals surface area contributed by atoms with E-state index in [0.29, 0.717) is 32.2 Å². The summed E-state index contributed by atoms with van der Waals surface area (Å²) < 4.78 is 26.7. The van der Waals surface area contributed by atoms with Gasteiger partial charge in [-0.1, -0.05) is 59.8 Å². The molecule has 3 fully saturated rings. The predicted molar refractivity (Wildman–Crippen MR) is 138 cm³/mol. The molecule has 3 N–H and O–H groups in total. The summed E-state index contributed by atoms with van der Waals surface area (Å²) in [6, 6.07) is 15.5. The van der Waals surface area contributed by atoms with Crippen LogP contribution in [0.25, 0.3) is 11.1 Å². The Morgan fingerprint density at radius 3 is 2.24 bits per heavy atom. The molecule has 2 amide bonds. The Balaban J connectivity index is 1.11. The Labute approximate surface area is 215 Å². The van der Waals surface area contributed by atoms with Crippen molar-refractivity contribution in [1.29, 1.82) is 0 Å². The molecule has 9 nitrogen and oxygen atoms in total. The van der Waals surface area contributed by atoms with Crippen LogP contribution in [0, 0.1) is 5.92 Å². The predicted octanol–water partition coefficient (Wildman–Crippen LogP) is 1.84. The van der Waals surface area contributed by atoms with Crippen LogP contribution in [-0.4, -0.2) is 55.4 Å². The van der Waals surface area contributed by atoms with Gasteiger partial charge in [0.05, 0.1) is 11.3 Å². The number of benzene rings is 2. The minimum Gasteiger partial charge on any atom is -0.391 e. The van der Waals surface area contributed by atoms with Crippen LogP contribution in [0.15, 0.2) is 66.3 Å². The Bertz CT molecular complexity index is 1390. The highest BCUT2D eigenvalue weighted by atomic mass is 32.2. The van der Waals surface area contributed by atoms with E-state index in [1.807, 2.05) is 36.4 Å². The van der Waals surface area contributed by atoms with Crippen LogP contribution in [0.5, 0.6) is 0 Å². The number of fused-ring (bicyclic) bond motifs is 3. The van der Waals surface area contributed by atoms with Gasteiger partial charge in [-0.05, 0) is 30.4 Å². The minimum atomic E-state index is -3.72. The van der Waals surface area contributed by atoms with Crippen LogP contribution >= 0.6 is 0 Å². The van der Waals surface area contributed by atoms with Crippen LogP contribution in [0.2, 0.25) is 0 Å². The number of sulfonamides is 1. The second kappa shape index (κ2) is 8.81. The van der Waals surface area contributed by atoms with Crippen LogP contribution in [0.1, 0.15) is 36.8 Å². The fraction of sp³-hybridized carbons (Fsp3) is 0.370. The molecule has 0 radical (unpaired) electrons. The zero-order valence-electron chi connectivity index (χ0n) is 20.1. The number of hydrogen-bond acceptors (Lipinski definition) is 7. The lowest BCUT2D eigenvalue weighted by atomic mass is 10.1. The lowest BCUT2D eigenvalue weighted by molar-refractivity contribution is -0.130. The van der Waals surface area contributed by atoms with E-state index in [1.165, 1.54) is 0 Å². The molecular formula is C27H28N4O5S. The van der Waals surface area contributed by atoms with Crippen molar-refractivity contribution in [2.24, 2.45) is 11.1 Å². The Morgan fingerprint density at radius 2 is 1.68 bits per heavy atom. The molecule has 0 bridgehead atoms. The largest absolute Gasteiger partial charge is 0.391 e. The maximum absolute atomic E-state index is 13.1. The molecule has 2 unspecified atom stereocenters. The number of nitrogens with one attached hydrogen (secondary N) is 3. The molecule has 0 spiro atoms. The second-order valence-electron chi connectivity index (χ2n) is 10.1. The average Bonchev–Trinajstić information content (AvgIpc) is 3.79. The molecular weight excluding hydrogens is 492 g/mol. The molecule has 2 aromatic carbocycles. The van der Waals surface area contributed by atoms with Gasteiger partial charge in [-0.3, -0.25) is 14.3 Å². The van der Waals surface area contributed by atoms with E-state index in [9.17, 15) is 18.0 Å². The maximum Gasteiger partial charge on any atom is 0.259 e. The summed E-state index contributed by atoms with van der Waals surface area (Å²) >= 11 is 0. The van der Waals surface area contributed by atoms with Gasteiger partial charge in [-0.25, -0.2) is 8.42 Å². The molecule has 192 valence electrons. The second-order valence-corrected chi connectivity index (χ2v) is 12.1. The fourth-order valence-electron chi connectivity index (χ4n) is 5.23. The van der Waals surface area contributed by atoms with Crippen molar-refractivity contribution < 1.29 is 22.8 Å². The summed E-state index contributed by atoms with van der Waals surface area (Å²) in [5, 5.41) is 9.89. The highest BCUT2D eigenvalue weighted by Crippen LogP contribution is 2.45. The lowest BCUT2D eigenvalue weighted by Crippen LogP contribution is -2.55. The van der Waals surface area contributed by atoms with Gasteiger partial charge in [0.25, 0.3) is 5.91 Å². The fourth-order valence-corrected chi connectivity index (χ4v) is 6.59. The first kappa shape index (κ1) is 23.9. The van der Waals surface area contributed by atoms with Gasteiger partial charge >= 0.3 is 0 Å². The number of carbonyl (C=O) groups is 2. The molecule has 4 aliphatic rings. The topological polar surface area (TPSA) is 126 Å². The van der Waals surface area contributed by atoms with E-state index < -0.39 is 32.8 Å². The first-order valence-corrected chi connectivity index (χ1v) is 14.0. The van der Waals surface area contributed by atoms with E-state index >= 15 is 0 Å². The number of oxime groups is 1. The van der Waals surface area contributed by atoms with Crippen LogP contribution in [-0.2, 0) is 24.4 Å². The zero-order chi connectivity index (χ0) is 25.8. The maximum atomic E-state index is 13.1. The van der Waals surface area contributed by atoms with Gasteiger partial charge in [0, 0.05) is 30.0 Å². The van der Waals surface area contributed by atoms with Gasteiger partial charge in [-0.15, -0.1) is 6.58 Å². The Hall–Kier alpha value is -3.50. The van der Waals surface area contributed by atoms with Crippen molar-refractivity contribution in [3.05, 3.63) is 72.3 Å². The van der Waals surface area contributed by atoms with Gasteiger partial charge in [-0.2, -0.15) is 0 Å². The normalized spacial score (nSPS) is 27.6.